The molecule has 0 saturated carbocycles. The number of imidazole rings is 1. The van der Waals surface area contributed by atoms with Gasteiger partial charge in [-0.05, 0) is 42.0 Å². The molecular formula is C23H21N3O4S2. The average molecular weight is 468 g/mol. The van der Waals surface area contributed by atoms with E-state index >= 15 is 0 Å². The van der Waals surface area contributed by atoms with Crippen molar-refractivity contribution in [3.63, 3.8) is 0 Å². The van der Waals surface area contributed by atoms with Gasteiger partial charge in [-0.25, -0.2) is 17.4 Å². The van der Waals surface area contributed by atoms with Crippen molar-refractivity contribution in [1.82, 2.24) is 14.3 Å². The highest BCUT2D eigenvalue weighted by Crippen LogP contribution is 2.29. The Hall–Kier alpha value is -3.30. The van der Waals surface area contributed by atoms with Gasteiger partial charge in [-0.1, -0.05) is 54.2 Å². The zero-order valence-electron chi connectivity index (χ0n) is 17.3. The molecule has 4 aromatic rings. The summed E-state index contributed by atoms with van der Waals surface area (Å²) in [5.41, 5.74) is 1.98. The van der Waals surface area contributed by atoms with E-state index in [1.807, 2.05) is 30.3 Å². The zero-order valence-corrected chi connectivity index (χ0v) is 18.9. The molecule has 0 unspecified atom stereocenters. The average Bonchev–Trinajstić information content (AvgIpc) is 3.21. The van der Waals surface area contributed by atoms with E-state index < -0.39 is 10.0 Å². The van der Waals surface area contributed by atoms with Crippen LogP contribution in [0.4, 0.5) is 0 Å². The summed E-state index contributed by atoms with van der Waals surface area (Å²) in [6.45, 7) is 0.404. The van der Waals surface area contributed by atoms with Crippen LogP contribution in [0, 0.1) is 0 Å². The van der Waals surface area contributed by atoms with Crippen LogP contribution in [0.25, 0.3) is 11.0 Å². The van der Waals surface area contributed by atoms with Crippen LogP contribution in [-0.4, -0.2) is 36.1 Å². The number of fused-ring (bicyclic) bond motifs is 1. The fraction of sp³-hybridized carbons (Fsp3) is 0.130. The van der Waals surface area contributed by atoms with E-state index in [1.54, 1.807) is 36.4 Å². The number of rotatable bonds is 8. The van der Waals surface area contributed by atoms with Gasteiger partial charge < -0.3 is 10.1 Å². The Balaban J connectivity index is 1.59. The molecule has 0 saturated heterocycles. The summed E-state index contributed by atoms with van der Waals surface area (Å²) in [4.78, 5) is 17.0. The molecule has 4 rings (SSSR count). The van der Waals surface area contributed by atoms with Crippen molar-refractivity contribution < 1.29 is 17.9 Å². The van der Waals surface area contributed by atoms with Crippen molar-refractivity contribution in [2.45, 2.75) is 16.6 Å². The van der Waals surface area contributed by atoms with E-state index in [-0.39, 0.29) is 21.7 Å². The van der Waals surface area contributed by atoms with Gasteiger partial charge in [-0.2, -0.15) is 0 Å². The Morgan fingerprint density at radius 1 is 1.00 bits per heavy atom. The molecule has 0 aliphatic rings. The third-order valence-electron chi connectivity index (χ3n) is 4.75. The molecule has 164 valence electrons. The number of aromatic nitrogens is 2. The number of methoxy groups -OCH3 is 1. The van der Waals surface area contributed by atoms with Crippen molar-refractivity contribution in [3.8, 4) is 5.75 Å². The largest absolute Gasteiger partial charge is 0.497 e. The number of nitrogens with zero attached hydrogens (tertiary/aromatic N) is 2. The summed E-state index contributed by atoms with van der Waals surface area (Å²) >= 11 is 1.08. The van der Waals surface area contributed by atoms with Crippen molar-refractivity contribution in [3.05, 3.63) is 84.4 Å². The lowest BCUT2D eigenvalue weighted by atomic mass is 10.2. The number of nitrogens with one attached hydrogen (secondary N) is 1. The molecule has 9 heteroatoms. The van der Waals surface area contributed by atoms with Gasteiger partial charge in [0.15, 0.2) is 5.16 Å². The standard InChI is InChI=1S/C23H21N3O4S2/c1-30-18-11-13-19(14-12-18)32(28,29)26-21-10-6-5-9-20(21)25-23(26)31-16-22(27)24-15-17-7-3-2-4-8-17/h2-14H,15-16H2,1H3,(H,24,27). The normalized spacial score (nSPS) is 11.4. The van der Waals surface area contributed by atoms with Crippen LogP contribution in [0.1, 0.15) is 5.56 Å². The van der Waals surface area contributed by atoms with Gasteiger partial charge in [-0.15, -0.1) is 0 Å². The number of hydrogen-bond donors (Lipinski definition) is 1. The molecule has 1 N–H and O–H groups in total. The molecule has 0 fully saturated rings. The lowest BCUT2D eigenvalue weighted by molar-refractivity contribution is -0.118. The predicted molar refractivity (Wildman–Crippen MR) is 124 cm³/mol. The van der Waals surface area contributed by atoms with E-state index in [2.05, 4.69) is 10.3 Å². The monoisotopic (exact) mass is 467 g/mol. The van der Waals surface area contributed by atoms with E-state index in [9.17, 15) is 13.2 Å². The molecule has 1 aromatic heterocycles. The summed E-state index contributed by atoms with van der Waals surface area (Å²) in [5, 5.41) is 3.08. The number of hydrogen-bond acceptors (Lipinski definition) is 6. The Bertz CT molecular complexity index is 1330. The predicted octanol–water partition coefficient (Wildman–Crippen LogP) is 3.69. The minimum atomic E-state index is -3.93. The summed E-state index contributed by atoms with van der Waals surface area (Å²) in [6, 6.07) is 22.7. The van der Waals surface area contributed by atoms with Gasteiger partial charge in [0.25, 0.3) is 10.0 Å². The summed E-state index contributed by atoms with van der Waals surface area (Å²) in [5.74, 6) is 0.386. The Labute approximate surface area is 190 Å². The number of benzene rings is 3. The van der Waals surface area contributed by atoms with Crippen LogP contribution in [0.3, 0.4) is 0 Å². The van der Waals surface area contributed by atoms with Gasteiger partial charge >= 0.3 is 0 Å². The van der Waals surface area contributed by atoms with Gasteiger partial charge in [-0.3, -0.25) is 4.79 Å². The molecule has 0 atom stereocenters. The number of carbonyl (C=O) groups excluding carboxylic acids is 1. The van der Waals surface area contributed by atoms with Crippen LogP contribution in [0.2, 0.25) is 0 Å². The molecule has 0 spiro atoms. The van der Waals surface area contributed by atoms with E-state index in [4.69, 9.17) is 4.74 Å². The summed E-state index contributed by atoms with van der Waals surface area (Å²) in [7, 11) is -2.42. The highest BCUT2D eigenvalue weighted by molar-refractivity contribution is 8.00. The maximum atomic E-state index is 13.5. The first-order chi connectivity index (χ1) is 15.5. The Morgan fingerprint density at radius 2 is 1.69 bits per heavy atom. The lowest BCUT2D eigenvalue weighted by Crippen LogP contribution is -2.25. The van der Waals surface area contributed by atoms with Crippen LogP contribution in [0.15, 0.2) is 88.9 Å². The topological polar surface area (TPSA) is 90.3 Å². The molecule has 3 aromatic carbocycles. The third-order valence-corrected chi connectivity index (χ3v) is 7.53. The molecule has 0 bridgehead atoms. The second-order valence-electron chi connectivity index (χ2n) is 6.88. The van der Waals surface area contributed by atoms with Crippen LogP contribution in [-0.2, 0) is 21.4 Å². The summed E-state index contributed by atoms with van der Waals surface area (Å²) in [6.07, 6.45) is 0. The summed E-state index contributed by atoms with van der Waals surface area (Å²) < 4.78 is 33.2. The van der Waals surface area contributed by atoms with Crippen molar-refractivity contribution in [2.24, 2.45) is 0 Å². The number of para-hydroxylation sites is 2. The molecule has 0 aliphatic heterocycles. The lowest BCUT2D eigenvalue weighted by Gasteiger charge is -2.11. The van der Waals surface area contributed by atoms with Crippen molar-refractivity contribution in [1.29, 1.82) is 0 Å². The first-order valence-electron chi connectivity index (χ1n) is 9.79. The third kappa shape index (κ3) is 4.63. The maximum absolute atomic E-state index is 13.5. The highest BCUT2D eigenvalue weighted by Gasteiger charge is 2.25. The first kappa shape index (κ1) is 21.9. The number of amides is 1. The van der Waals surface area contributed by atoms with Gasteiger partial charge in [0.2, 0.25) is 5.91 Å². The molecule has 1 amide bonds. The van der Waals surface area contributed by atoms with E-state index in [0.717, 1.165) is 17.3 Å². The van der Waals surface area contributed by atoms with Gasteiger partial charge in [0.05, 0.1) is 28.8 Å². The second kappa shape index (κ2) is 9.46. The molecule has 0 radical (unpaired) electrons. The molecule has 1 heterocycles. The fourth-order valence-corrected chi connectivity index (χ4v) is 5.68. The minimum Gasteiger partial charge on any atom is -0.497 e. The number of thioether (sulfide) groups is 1. The number of ether oxygens (including phenoxy) is 1. The van der Waals surface area contributed by atoms with Crippen molar-refractivity contribution >= 4 is 38.7 Å². The highest BCUT2D eigenvalue weighted by atomic mass is 32.2. The molecule has 7 nitrogen and oxygen atoms in total. The minimum absolute atomic E-state index is 0.0360. The molecular weight excluding hydrogens is 446 g/mol. The Kier molecular flexibility index (Phi) is 6.48. The van der Waals surface area contributed by atoms with Gasteiger partial charge in [0.1, 0.15) is 5.75 Å². The quantitative estimate of drug-likeness (QED) is 0.398. The van der Waals surface area contributed by atoms with Crippen LogP contribution >= 0.6 is 11.8 Å². The van der Waals surface area contributed by atoms with Gasteiger partial charge in [0, 0.05) is 6.54 Å². The maximum Gasteiger partial charge on any atom is 0.270 e. The first-order valence-corrected chi connectivity index (χ1v) is 12.2. The SMILES string of the molecule is COc1ccc(S(=O)(=O)n2c(SCC(=O)NCc3ccccc3)nc3ccccc32)cc1. The van der Waals surface area contributed by atoms with E-state index in [1.165, 1.54) is 23.2 Å². The van der Waals surface area contributed by atoms with E-state index in [0.29, 0.717) is 23.3 Å². The number of carbonyl (C=O) groups is 1. The fourth-order valence-electron chi connectivity index (χ4n) is 3.14. The van der Waals surface area contributed by atoms with Crippen molar-refractivity contribution in [2.75, 3.05) is 12.9 Å². The van der Waals surface area contributed by atoms with Crippen LogP contribution in [0.5, 0.6) is 5.75 Å². The smallest absolute Gasteiger partial charge is 0.270 e. The zero-order chi connectivity index (χ0) is 22.6. The Morgan fingerprint density at radius 3 is 2.41 bits per heavy atom. The second-order valence-corrected chi connectivity index (χ2v) is 9.61. The molecule has 32 heavy (non-hydrogen) atoms. The van der Waals surface area contributed by atoms with Crippen LogP contribution < -0.4 is 10.1 Å². The molecule has 0 aliphatic carbocycles.